The first-order chi connectivity index (χ1) is 14.8. The van der Waals surface area contributed by atoms with E-state index in [4.69, 9.17) is 16.0 Å². The minimum atomic E-state index is 0.727. The molecule has 6 rings (SSSR count). The number of hydrogen-bond donors (Lipinski definition) is 0. The summed E-state index contributed by atoms with van der Waals surface area (Å²) in [7, 11) is 0. The second-order valence-corrected chi connectivity index (χ2v) is 8.27. The third kappa shape index (κ3) is 2.78. The molecule has 0 radical (unpaired) electrons. The number of benzene rings is 3. The summed E-state index contributed by atoms with van der Waals surface area (Å²) in [5, 5.41) is 3.23. The van der Waals surface area contributed by atoms with Gasteiger partial charge in [-0.2, -0.15) is 0 Å². The first-order valence-electron chi connectivity index (χ1n) is 10.3. The van der Waals surface area contributed by atoms with Crippen molar-refractivity contribution >= 4 is 34.0 Å². The Kier molecular flexibility index (Phi) is 4.04. The molecule has 2 aliphatic carbocycles. The van der Waals surface area contributed by atoms with Crippen LogP contribution in [0.4, 0.5) is 0 Å². The molecule has 2 heteroatoms. The minimum absolute atomic E-state index is 0.727. The number of fused-ring (bicyclic) bond motifs is 4. The number of allylic oxidation sites excluding steroid dienone is 1. The number of aryl methyl sites for hydroxylation is 1. The van der Waals surface area contributed by atoms with Gasteiger partial charge in [-0.1, -0.05) is 66.2 Å². The quantitative estimate of drug-likeness (QED) is 0.287. The van der Waals surface area contributed by atoms with Gasteiger partial charge in [-0.3, -0.25) is 0 Å². The van der Waals surface area contributed by atoms with Crippen LogP contribution in [0, 0.1) is 0 Å². The highest BCUT2D eigenvalue weighted by Gasteiger charge is 2.24. The summed E-state index contributed by atoms with van der Waals surface area (Å²) in [5.74, 6) is 1.82. The van der Waals surface area contributed by atoms with E-state index < -0.39 is 0 Å². The topological polar surface area (TPSA) is 13.1 Å². The Bertz CT molecular complexity index is 1390. The summed E-state index contributed by atoms with van der Waals surface area (Å²) < 4.78 is 6.56. The zero-order valence-electron chi connectivity index (χ0n) is 16.4. The molecular formula is C28H19ClO. The summed E-state index contributed by atoms with van der Waals surface area (Å²) in [6.45, 7) is 0. The van der Waals surface area contributed by atoms with Crippen LogP contribution < -0.4 is 0 Å². The monoisotopic (exact) mass is 406 g/mol. The summed E-state index contributed by atoms with van der Waals surface area (Å²) >= 11 is 6.08. The largest absolute Gasteiger partial charge is 0.455 e. The Morgan fingerprint density at radius 3 is 2.33 bits per heavy atom. The highest BCUT2D eigenvalue weighted by atomic mass is 35.5. The SMILES string of the molecule is Clc1ccc(-c2ccc3c4ccccc4c(C4=Cc5ccccc5CC4)c-3o2)cc1. The van der Waals surface area contributed by atoms with E-state index in [9.17, 15) is 0 Å². The molecule has 0 atom stereocenters. The van der Waals surface area contributed by atoms with Crippen LogP contribution in [0.15, 0.2) is 89.3 Å². The van der Waals surface area contributed by atoms with Gasteiger partial charge in [0.05, 0.1) is 0 Å². The van der Waals surface area contributed by atoms with Crippen molar-refractivity contribution in [1.29, 1.82) is 0 Å². The average Bonchev–Trinajstić information content (AvgIpc) is 3.13. The third-order valence-electron chi connectivity index (χ3n) is 6.07. The van der Waals surface area contributed by atoms with Crippen molar-refractivity contribution in [2.75, 3.05) is 0 Å². The molecule has 144 valence electrons. The fourth-order valence-corrected chi connectivity index (χ4v) is 4.73. The Hall–Kier alpha value is -3.29. The lowest BCUT2D eigenvalue weighted by Gasteiger charge is -2.17. The molecule has 30 heavy (non-hydrogen) atoms. The van der Waals surface area contributed by atoms with Crippen molar-refractivity contribution in [3.63, 3.8) is 0 Å². The van der Waals surface area contributed by atoms with E-state index in [1.54, 1.807) is 0 Å². The predicted molar refractivity (Wildman–Crippen MR) is 126 cm³/mol. The molecule has 0 aromatic heterocycles. The van der Waals surface area contributed by atoms with Gasteiger partial charge in [-0.25, -0.2) is 0 Å². The normalized spacial score (nSPS) is 13.4. The van der Waals surface area contributed by atoms with Crippen LogP contribution in [0.3, 0.4) is 0 Å². The lowest BCUT2D eigenvalue weighted by molar-refractivity contribution is 0.582. The standard InChI is InChI=1S/C28H19ClO/c29-22-13-11-19(12-14-22)26-16-15-25-23-7-3-4-8-24(23)27(28(25)30-26)21-10-9-18-5-1-2-6-20(18)17-21/h1-8,11-17H,9-10H2. The molecule has 0 fully saturated rings. The molecule has 1 nitrogen and oxygen atoms in total. The average molecular weight is 407 g/mol. The summed E-state index contributed by atoms with van der Waals surface area (Å²) in [6, 6.07) is 29.4. The fraction of sp³-hybridized carbons (Fsp3) is 0.0714. The molecule has 0 saturated heterocycles. The fourth-order valence-electron chi connectivity index (χ4n) is 4.61. The van der Waals surface area contributed by atoms with Gasteiger partial charge in [0.2, 0.25) is 0 Å². The van der Waals surface area contributed by atoms with E-state index in [0.717, 1.165) is 40.5 Å². The van der Waals surface area contributed by atoms with Gasteiger partial charge in [-0.15, -0.1) is 0 Å². The lowest BCUT2D eigenvalue weighted by atomic mass is 9.88. The van der Waals surface area contributed by atoms with Crippen LogP contribution in [0.25, 0.3) is 45.1 Å². The van der Waals surface area contributed by atoms with Crippen molar-refractivity contribution < 1.29 is 4.42 Å². The molecule has 3 aliphatic rings. The highest BCUT2D eigenvalue weighted by Crippen LogP contribution is 2.46. The van der Waals surface area contributed by atoms with E-state index in [-0.39, 0.29) is 0 Å². The first-order valence-corrected chi connectivity index (χ1v) is 10.6. The second kappa shape index (κ2) is 6.90. The van der Waals surface area contributed by atoms with Crippen molar-refractivity contribution in [3.8, 4) is 22.6 Å². The Morgan fingerprint density at radius 2 is 1.47 bits per heavy atom. The Morgan fingerprint density at radius 1 is 0.700 bits per heavy atom. The van der Waals surface area contributed by atoms with Crippen LogP contribution in [-0.2, 0) is 6.42 Å². The van der Waals surface area contributed by atoms with Gasteiger partial charge in [0, 0.05) is 21.7 Å². The van der Waals surface area contributed by atoms with E-state index in [2.05, 4.69) is 66.7 Å². The van der Waals surface area contributed by atoms with E-state index in [0.29, 0.717) is 0 Å². The van der Waals surface area contributed by atoms with Crippen molar-refractivity contribution in [2.24, 2.45) is 0 Å². The van der Waals surface area contributed by atoms with Gasteiger partial charge in [0.25, 0.3) is 0 Å². The molecule has 0 bridgehead atoms. The second-order valence-electron chi connectivity index (χ2n) is 7.84. The maximum Gasteiger partial charge on any atom is 0.143 e. The van der Waals surface area contributed by atoms with E-state index in [1.807, 2.05) is 24.3 Å². The van der Waals surface area contributed by atoms with E-state index >= 15 is 0 Å². The van der Waals surface area contributed by atoms with Crippen LogP contribution in [0.2, 0.25) is 5.02 Å². The zero-order chi connectivity index (χ0) is 20.1. The maximum absolute atomic E-state index is 6.56. The van der Waals surface area contributed by atoms with Gasteiger partial charge in [0.15, 0.2) is 0 Å². The molecule has 1 heterocycles. The van der Waals surface area contributed by atoms with Gasteiger partial charge in [-0.05, 0) is 76.7 Å². The molecule has 1 aliphatic heterocycles. The van der Waals surface area contributed by atoms with Crippen LogP contribution in [0.5, 0.6) is 0 Å². The number of hydrogen-bond acceptors (Lipinski definition) is 1. The smallest absolute Gasteiger partial charge is 0.143 e. The summed E-state index contributed by atoms with van der Waals surface area (Å²) in [5.41, 5.74) is 7.49. The van der Waals surface area contributed by atoms with Gasteiger partial charge >= 0.3 is 0 Å². The zero-order valence-corrected chi connectivity index (χ0v) is 17.1. The number of rotatable bonds is 2. The molecule has 3 aromatic rings. The van der Waals surface area contributed by atoms with E-state index in [1.165, 1.54) is 33.0 Å². The third-order valence-corrected chi connectivity index (χ3v) is 6.32. The Balaban J connectivity index is 1.61. The molecule has 0 amide bonds. The lowest BCUT2D eigenvalue weighted by Crippen LogP contribution is -1.99. The highest BCUT2D eigenvalue weighted by molar-refractivity contribution is 6.30. The van der Waals surface area contributed by atoms with Gasteiger partial charge in [0.1, 0.15) is 11.5 Å². The predicted octanol–water partition coefficient (Wildman–Crippen LogP) is 8.34. The van der Waals surface area contributed by atoms with Crippen LogP contribution in [0.1, 0.15) is 23.1 Å². The summed E-state index contributed by atoms with van der Waals surface area (Å²) in [4.78, 5) is 0. The van der Waals surface area contributed by atoms with Crippen LogP contribution in [-0.4, -0.2) is 0 Å². The first kappa shape index (κ1) is 17.6. The molecule has 0 saturated carbocycles. The molecular weight excluding hydrogens is 388 g/mol. The summed E-state index contributed by atoms with van der Waals surface area (Å²) in [6.07, 6.45) is 4.41. The maximum atomic E-state index is 6.56. The van der Waals surface area contributed by atoms with Gasteiger partial charge < -0.3 is 4.42 Å². The molecule has 0 unspecified atom stereocenters. The minimum Gasteiger partial charge on any atom is -0.455 e. The molecule has 3 aromatic carbocycles. The van der Waals surface area contributed by atoms with Crippen molar-refractivity contribution in [3.05, 3.63) is 107 Å². The Labute approximate surface area is 180 Å². The molecule has 0 spiro atoms. The van der Waals surface area contributed by atoms with Crippen molar-refractivity contribution in [2.45, 2.75) is 12.8 Å². The number of halogens is 1. The molecule has 0 N–H and O–H groups in total. The van der Waals surface area contributed by atoms with Crippen molar-refractivity contribution in [1.82, 2.24) is 0 Å². The van der Waals surface area contributed by atoms with Crippen LogP contribution >= 0.6 is 11.6 Å².